The molecule has 0 saturated heterocycles. The van der Waals surface area contributed by atoms with Crippen molar-refractivity contribution in [2.75, 3.05) is 0 Å². The number of rotatable bonds is 5. The molecular formula is C23H18N4O3S2. The van der Waals surface area contributed by atoms with Crippen LogP contribution in [-0.4, -0.2) is 20.9 Å². The molecule has 32 heavy (non-hydrogen) atoms. The van der Waals surface area contributed by atoms with Crippen molar-refractivity contribution in [1.29, 1.82) is 0 Å². The molecule has 0 aliphatic heterocycles. The number of thiazole rings is 1. The lowest BCUT2D eigenvalue weighted by atomic mass is 10.1. The second kappa shape index (κ2) is 9.21. The Kier molecular flexibility index (Phi) is 6.20. The summed E-state index contributed by atoms with van der Waals surface area (Å²) in [5.41, 5.74) is 3.40. The van der Waals surface area contributed by atoms with Crippen molar-refractivity contribution in [3.63, 3.8) is 0 Å². The first-order valence-corrected chi connectivity index (χ1v) is 10.9. The van der Waals surface area contributed by atoms with Gasteiger partial charge in [0.05, 0.1) is 15.1 Å². The Balaban J connectivity index is 1.36. The topological polar surface area (TPSA) is 97.2 Å². The highest BCUT2D eigenvalue weighted by atomic mass is 32.1. The third-order valence-electron chi connectivity index (χ3n) is 4.92. The van der Waals surface area contributed by atoms with Crippen molar-refractivity contribution < 1.29 is 9.72 Å². The number of carbonyl (C=O) groups is 1. The van der Waals surface area contributed by atoms with E-state index in [0.717, 1.165) is 26.4 Å². The van der Waals surface area contributed by atoms with Gasteiger partial charge in [-0.25, -0.2) is 4.98 Å². The Hall–Kier alpha value is -3.69. The number of amides is 1. The van der Waals surface area contributed by atoms with Crippen LogP contribution in [0.2, 0.25) is 0 Å². The summed E-state index contributed by atoms with van der Waals surface area (Å²) >= 11 is 6.86. The number of nitrogens with zero attached hydrogens (tertiary/aromatic N) is 2. The zero-order valence-electron chi connectivity index (χ0n) is 17.0. The first-order valence-electron chi connectivity index (χ1n) is 9.70. The van der Waals surface area contributed by atoms with Crippen LogP contribution in [0, 0.1) is 17.0 Å². The normalized spacial score (nSPS) is 10.7. The van der Waals surface area contributed by atoms with Crippen molar-refractivity contribution in [3.05, 3.63) is 93.5 Å². The van der Waals surface area contributed by atoms with Gasteiger partial charge in [0.25, 0.3) is 11.6 Å². The lowest BCUT2D eigenvalue weighted by molar-refractivity contribution is -0.385. The molecule has 7 nitrogen and oxygen atoms in total. The first-order chi connectivity index (χ1) is 15.4. The van der Waals surface area contributed by atoms with Crippen molar-refractivity contribution in [2.24, 2.45) is 0 Å². The number of carbonyl (C=O) groups excluding carboxylic acids is 1. The smallest absolute Gasteiger partial charge is 0.273 e. The summed E-state index contributed by atoms with van der Waals surface area (Å²) in [6.45, 7) is 1.96. The standard InChI is InChI=1S/C23H18N4O3S2/c1-14-17(5-4-7-19(14)27(29)30)21(28)26-23(31)24-13-15-9-11-16(12-10-15)22-25-18-6-2-3-8-20(18)32-22/h2-12H,13H2,1H3,(H2,24,26,28,31). The Morgan fingerprint density at radius 3 is 2.56 bits per heavy atom. The lowest BCUT2D eigenvalue weighted by Gasteiger charge is -2.11. The van der Waals surface area contributed by atoms with Crippen LogP contribution >= 0.6 is 23.6 Å². The molecular weight excluding hydrogens is 444 g/mol. The molecule has 4 aromatic rings. The van der Waals surface area contributed by atoms with Gasteiger partial charge < -0.3 is 5.32 Å². The average molecular weight is 463 g/mol. The van der Waals surface area contributed by atoms with Crippen molar-refractivity contribution in [1.82, 2.24) is 15.6 Å². The zero-order chi connectivity index (χ0) is 22.7. The molecule has 9 heteroatoms. The minimum Gasteiger partial charge on any atom is -0.358 e. The highest BCUT2D eigenvalue weighted by molar-refractivity contribution is 7.80. The van der Waals surface area contributed by atoms with Crippen LogP contribution < -0.4 is 10.6 Å². The molecule has 0 unspecified atom stereocenters. The van der Waals surface area contributed by atoms with Gasteiger partial charge in [-0.05, 0) is 42.9 Å². The molecule has 1 aromatic heterocycles. The first kappa shape index (κ1) is 21.5. The Morgan fingerprint density at radius 1 is 1.09 bits per heavy atom. The molecule has 0 saturated carbocycles. The van der Waals surface area contributed by atoms with E-state index in [1.807, 2.05) is 42.5 Å². The maximum absolute atomic E-state index is 12.5. The fourth-order valence-electron chi connectivity index (χ4n) is 3.23. The number of hydrogen-bond donors (Lipinski definition) is 2. The Bertz CT molecular complexity index is 1300. The predicted molar refractivity (Wildman–Crippen MR) is 130 cm³/mol. The fourth-order valence-corrected chi connectivity index (χ4v) is 4.36. The largest absolute Gasteiger partial charge is 0.358 e. The third kappa shape index (κ3) is 4.63. The van der Waals surface area contributed by atoms with Crippen molar-refractivity contribution in [2.45, 2.75) is 13.5 Å². The number of para-hydroxylation sites is 1. The maximum atomic E-state index is 12.5. The van der Waals surface area contributed by atoms with Gasteiger partial charge in [0, 0.05) is 29.3 Å². The fraction of sp³-hybridized carbons (Fsp3) is 0.0870. The van der Waals surface area contributed by atoms with Crippen LogP contribution in [0.15, 0.2) is 66.7 Å². The number of benzene rings is 3. The number of nitrogens with one attached hydrogen (secondary N) is 2. The van der Waals surface area contributed by atoms with Gasteiger partial charge in [0.1, 0.15) is 5.01 Å². The second-order valence-electron chi connectivity index (χ2n) is 7.03. The second-order valence-corrected chi connectivity index (χ2v) is 8.47. The summed E-state index contributed by atoms with van der Waals surface area (Å²) in [4.78, 5) is 27.7. The minimum atomic E-state index is -0.513. The number of nitro groups is 1. The molecule has 0 spiro atoms. The molecule has 0 atom stereocenters. The van der Waals surface area contributed by atoms with Gasteiger partial charge in [-0.2, -0.15) is 0 Å². The average Bonchev–Trinajstić information content (AvgIpc) is 3.22. The van der Waals surface area contributed by atoms with Crippen LogP contribution in [0.4, 0.5) is 5.69 Å². The van der Waals surface area contributed by atoms with E-state index in [-0.39, 0.29) is 16.4 Å². The highest BCUT2D eigenvalue weighted by Gasteiger charge is 2.18. The molecule has 1 amide bonds. The van der Waals surface area contributed by atoms with Gasteiger partial charge >= 0.3 is 0 Å². The molecule has 3 aromatic carbocycles. The van der Waals surface area contributed by atoms with Gasteiger partial charge in [0.2, 0.25) is 0 Å². The van der Waals surface area contributed by atoms with Crippen LogP contribution in [0.3, 0.4) is 0 Å². The van der Waals surface area contributed by atoms with E-state index in [0.29, 0.717) is 12.1 Å². The summed E-state index contributed by atoms with van der Waals surface area (Å²) in [7, 11) is 0. The lowest BCUT2D eigenvalue weighted by Crippen LogP contribution is -2.39. The molecule has 160 valence electrons. The van der Waals surface area contributed by atoms with E-state index < -0.39 is 10.8 Å². The van der Waals surface area contributed by atoms with E-state index >= 15 is 0 Å². The van der Waals surface area contributed by atoms with E-state index in [4.69, 9.17) is 12.2 Å². The number of aromatic nitrogens is 1. The van der Waals surface area contributed by atoms with E-state index in [1.165, 1.54) is 25.1 Å². The summed E-state index contributed by atoms with van der Waals surface area (Å²) in [5.74, 6) is -0.491. The SMILES string of the molecule is Cc1c(C(=O)NC(=S)NCc2ccc(-c3nc4ccccc4s3)cc2)cccc1[N+](=O)[O-]. The molecule has 4 rings (SSSR count). The summed E-state index contributed by atoms with van der Waals surface area (Å²) < 4.78 is 1.15. The number of thiocarbonyl (C=S) groups is 1. The van der Waals surface area contributed by atoms with E-state index in [2.05, 4.69) is 21.7 Å². The molecule has 0 fully saturated rings. The quantitative estimate of drug-likeness (QED) is 0.247. The van der Waals surface area contributed by atoms with Crippen LogP contribution in [-0.2, 0) is 6.54 Å². The van der Waals surface area contributed by atoms with Crippen molar-refractivity contribution >= 4 is 50.5 Å². The maximum Gasteiger partial charge on any atom is 0.273 e. The Morgan fingerprint density at radius 2 is 1.84 bits per heavy atom. The summed E-state index contributed by atoms with van der Waals surface area (Å²) in [6.07, 6.45) is 0. The van der Waals surface area contributed by atoms with Gasteiger partial charge in [-0.1, -0.05) is 42.5 Å². The summed E-state index contributed by atoms with van der Waals surface area (Å²) in [6, 6.07) is 20.4. The molecule has 0 bridgehead atoms. The van der Waals surface area contributed by atoms with E-state index in [1.54, 1.807) is 11.3 Å². The Labute approximate surface area is 193 Å². The van der Waals surface area contributed by atoms with Gasteiger partial charge in [0.15, 0.2) is 5.11 Å². The predicted octanol–water partition coefficient (Wildman–Crippen LogP) is 4.98. The molecule has 0 radical (unpaired) electrons. The molecule has 2 N–H and O–H groups in total. The van der Waals surface area contributed by atoms with E-state index in [9.17, 15) is 14.9 Å². The van der Waals surface area contributed by atoms with Crippen molar-refractivity contribution in [3.8, 4) is 10.6 Å². The van der Waals surface area contributed by atoms with Crippen LogP contribution in [0.5, 0.6) is 0 Å². The van der Waals surface area contributed by atoms with Gasteiger partial charge in [-0.3, -0.25) is 20.2 Å². The minimum absolute atomic E-state index is 0.107. The van der Waals surface area contributed by atoms with Gasteiger partial charge in [-0.15, -0.1) is 11.3 Å². The number of hydrogen-bond acceptors (Lipinski definition) is 6. The van der Waals surface area contributed by atoms with Crippen LogP contribution in [0.1, 0.15) is 21.5 Å². The number of fused-ring (bicyclic) bond motifs is 1. The third-order valence-corrected chi connectivity index (χ3v) is 6.25. The molecule has 0 aliphatic rings. The zero-order valence-corrected chi connectivity index (χ0v) is 18.6. The molecule has 0 aliphatic carbocycles. The highest BCUT2D eigenvalue weighted by Crippen LogP contribution is 2.30. The van der Waals surface area contributed by atoms with Crippen LogP contribution in [0.25, 0.3) is 20.8 Å². The molecule has 1 heterocycles. The summed E-state index contributed by atoms with van der Waals surface area (Å²) in [5, 5.41) is 17.7. The number of nitro benzene ring substituents is 1. The monoisotopic (exact) mass is 462 g/mol.